The van der Waals surface area contributed by atoms with Crippen LogP contribution < -0.4 is 14.4 Å². The summed E-state index contributed by atoms with van der Waals surface area (Å²) < 4.78 is 33.9. The molecule has 11 heteroatoms. The third kappa shape index (κ3) is 7.03. The van der Waals surface area contributed by atoms with Crippen LogP contribution in [0.2, 0.25) is 10.0 Å². The summed E-state index contributed by atoms with van der Waals surface area (Å²) >= 11 is 12.7. The number of aryl methyl sites for hydroxylation is 1. The monoisotopic (exact) mass is 591 g/mol. The number of likely N-dealkylation sites (N-methyl/N-ethyl adjacent to an activating group) is 1. The van der Waals surface area contributed by atoms with Crippen molar-refractivity contribution >= 4 is 50.7 Å². The molecule has 0 unspecified atom stereocenters. The maximum atomic E-state index is 13.9. The minimum Gasteiger partial charge on any atom is -0.497 e. The van der Waals surface area contributed by atoms with E-state index in [2.05, 4.69) is 5.32 Å². The van der Waals surface area contributed by atoms with Crippen LogP contribution in [-0.4, -0.2) is 51.9 Å². The van der Waals surface area contributed by atoms with Crippen molar-refractivity contribution in [3.63, 3.8) is 0 Å². The van der Waals surface area contributed by atoms with Crippen LogP contribution in [0.15, 0.2) is 71.6 Å². The number of carbonyl (C=O) groups excluding carboxylic acids is 2. The molecular weight excluding hydrogens is 561 g/mol. The SMILES string of the molecule is CC[C@H](C(=O)NC)N(Cc1ccc(OC)cc1)C(=O)CN(c1cccc(Cl)c1Cl)S(=O)(=O)c1ccc(C)cc1. The molecular formula is C28H31Cl2N3O5S. The largest absolute Gasteiger partial charge is 0.497 e. The minimum atomic E-state index is -4.25. The van der Waals surface area contributed by atoms with Crippen molar-refractivity contribution in [1.82, 2.24) is 10.2 Å². The fraction of sp³-hybridized carbons (Fsp3) is 0.286. The van der Waals surface area contributed by atoms with Crippen LogP contribution in [0.1, 0.15) is 24.5 Å². The number of hydrogen-bond acceptors (Lipinski definition) is 5. The van der Waals surface area contributed by atoms with Gasteiger partial charge in [0.25, 0.3) is 10.0 Å². The second-order valence-electron chi connectivity index (χ2n) is 8.81. The van der Waals surface area contributed by atoms with Gasteiger partial charge in [0, 0.05) is 13.6 Å². The lowest BCUT2D eigenvalue weighted by Gasteiger charge is -2.33. The highest BCUT2D eigenvalue weighted by molar-refractivity contribution is 7.92. The van der Waals surface area contributed by atoms with E-state index >= 15 is 0 Å². The van der Waals surface area contributed by atoms with Crippen LogP contribution in [0, 0.1) is 6.92 Å². The first-order valence-electron chi connectivity index (χ1n) is 12.2. The predicted octanol–water partition coefficient (Wildman–Crippen LogP) is 5.06. The number of nitrogens with one attached hydrogen (secondary N) is 1. The van der Waals surface area contributed by atoms with E-state index in [1.54, 1.807) is 56.5 Å². The Morgan fingerprint density at radius 1 is 1.00 bits per heavy atom. The Bertz CT molecular complexity index is 1410. The van der Waals surface area contributed by atoms with Gasteiger partial charge in [0.1, 0.15) is 18.3 Å². The standard InChI is InChI=1S/C28H31Cl2N3O5S/c1-5-24(28(35)31-3)32(17-20-11-13-21(38-4)14-12-20)26(34)18-33(25-8-6-7-23(29)27(25)30)39(36,37)22-15-9-19(2)10-16-22/h6-16,24H,5,17-18H2,1-4H3,(H,31,35)/t24-/m1/s1. The van der Waals surface area contributed by atoms with Crippen LogP contribution in [0.4, 0.5) is 5.69 Å². The van der Waals surface area contributed by atoms with Gasteiger partial charge in [-0.3, -0.25) is 13.9 Å². The molecule has 0 radical (unpaired) electrons. The van der Waals surface area contributed by atoms with Gasteiger partial charge >= 0.3 is 0 Å². The molecule has 3 aromatic carbocycles. The van der Waals surface area contributed by atoms with E-state index in [0.717, 1.165) is 15.4 Å². The number of carbonyl (C=O) groups is 2. The third-order valence-electron chi connectivity index (χ3n) is 6.23. The van der Waals surface area contributed by atoms with E-state index in [1.165, 1.54) is 36.2 Å². The molecule has 39 heavy (non-hydrogen) atoms. The Labute approximate surface area is 239 Å². The van der Waals surface area contributed by atoms with E-state index in [9.17, 15) is 18.0 Å². The van der Waals surface area contributed by atoms with Gasteiger partial charge in [-0.2, -0.15) is 0 Å². The number of halogens is 2. The zero-order chi connectivity index (χ0) is 28.7. The highest BCUT2D eigenvalue weighted by Gasteiger charge is 2.34. The summed E-state index contributed by atoms with van der Waals surface area (Å²) in [6.45, 7) is 3.07. The molecule has 1 atom stereocenters. The number of rotatable bonds is 11. The van der Waals surface area contributed by atoms with Gasteiger partial charge in [0.2, 0.25) is 11.8 Å². The Morgan fingerprint density at radius 3 is 2.21 bits per heavy atom. The molecule has 1 N–H and O–H groups in total. The number of anilines is 1. The van der Waals surface area contributed by atoms with Gasteiger partial charge in [-0.15, -0.1) is 0 Å². The van der Waals surface area contributed by atoms with Crippen LogP contribution in [0.25, 0.3) is 0 Å². The summed E-state index contributed by atoms with van der Waals surface area (Å²) in [6, 6.07) is 17.1. The van der Waals surface area contributed by atoms with E-state index in [4.69, 9.17) is 27.9 Å². The Hall–Kier alpha value is -3.27. The molecule has 2 amide bonds. The van der Waals surface area contributed by atoms with Gasteiger partial charge in [0.05, 0.1) is 27.7 Å². The number of nitrogens with zero attached hydrogens (tertiary/aromatic N) is 2. The highest BCUT2D eigenvalue weighted by Crippen LogP contribution is 2.35. The van der Waals surface area contributed by atoms with E-state index < -0.39 is 28.5 Å². The quantitative estimate of drug-likeness (QED) is 0.336. The second-order valence-corrected chi connectivity index (χ2v) is 11.5. The molecule has 0 aliphatic rings. The van der Waals surface area contributed by atoms with Crippen molar-refractivity contribution in [2.45, 2.75) is 37.8 Å². The summed E-state index contributed by atoms with van der Waals surface area (Å²) in [5.41, 5.74) is 1.66. The second kappa shape index (κ2) is 13.2. The molecule has 0 fully saturated rings. The van der Waals surface area contributed by atoms with E-state index in [1.807, 2.05) is 6.92 Å². The fourth-order valence-electron chi connectivity index (χ4n) is 4.05. The summed E-state index contributed by atoms with van der Waals surface area (Å²) in [4.78, 5) is 28.1. The summed E-state index contributed by atoms with van der Waals surface area (Å²) in [7, 11) is -1.22. The molecule has 0 aliphatic carbocycles. The average molecular weight is 593 g/mol. The molecule has 3 aromatic rings. The topological polar surface area (TPSA) is 96.0 Å². The smallest absolute Gasteiger partial charge is 0.264 e. The van der Waals surface area contributed by atoms with Crippen molar-refractivity contribution in [3.8, 4) is 5.75 Å². The number of amides is 2. The highest BCUT2D eigenvalue weighted by atomic mass is 35.5. The van der Waals surface area contributed by atoms with Crippen LogP contribution in [0.5, 0.6) is 5.75 Å². The Kier molecular flexibility index (Phi) is 10.2. The van der Waals surface area contributed by atoms with Crippen molar-refractivity contribution < 1.29 is 22.7 Å². The first kappa shape index (κ1) is 30.3. The first-order valence-corrected chi connectivity index (χ1v) is 14.4. The zero-order valence-corrected chi connectivity index (χ0v) is 24.5. The molecule has 0 bridgehead atoms. The molecule has 0 aromatic heterocycles. The van der Waals surface area contributed by atoms with Gasteiger partial charge in [-0.05, 0) is 55.3 Å². The fourth-order valence-corrected chi connectivity index (χ4v) is 5.92. The maximum absolute atomic E-state index is 13.9. The molecule has 0 saturated carbocycles. The van der Waals surface area contributed by atoms with Crippen molar-refractivity contribution in [3.05, 3.63) is 87.9 Å². The summed E-state index contributed by atoms with van der Waals surface area (Å²) in [6.07, 6.45) is 0.310. The van der Waals surface area contributed by atoms with Crippen molar-refractivity contribution in [2.75, 3.05) is 25.0 Å². The minimum absolute atomic E-state index is 0.0114. The number of ether oxygens (including phenoxy) is 1. The van der Waals surface area contributed by atoms with Gasteiger partial charge in [-0.1, -0.05) is 66.0 Å². The van der Waals surface area contributed by atoms with E-state index in [-0.39, 0.29) is 33.1 Å². The molecule has 208 valence electrons. The molecule has 8 nitrogen and oxygen atoms in total. The Balaban J connectivity index is 2.09. The number of methoxy groups -OCH3 is 1. The predicted molar refractivity (Wildman–Crippen MR) is 154 cm³/mol. The number of hydrogen-bond donors (Lipinski definition) is 1. The lowest BCUT2D eigenvalue weighted by atomic mass is 10.1. The average Bonchev–Trinajstić information content (AvgIpc) is 2.93. The first-order chi connectivity index (χ1) is 18.5. The molecule has 0 aliphatic heterocycles. The molecule has 3 rings (SSSR count). The van der Waals surface area contributed by atoms with Gasteiger partial charge in [0.15, 0.2) is 0 Å². The van der Waals surface area contributed by atoms with E-state index in [0.29, 0.717) is 12.2 Å². The molecule has 0 saturated heterocycles. The van der Waals surface area contributed by atoms with Crippen molar-refractivity contribution in [1.29, 1.82) is 0 Å². The summed E-state index contributed by atoms with van der Waals surface area (Å²) in [5.74, 6) is -0.318. The third-order valence-corrected chi connectivity index (χ3v) is 8.81. The maximum Gasteiger partial charge on any atom is 0.264 e. The summed E-state index contributed by atoms with van der Waals surface area (Å²) in [5, 5.41) is 2.72. The van der Waals surface area contributed by atoms with Gasteiger partial charge < -0.3 is 15.0 Å². The lowest BCUT2D eigenvalue weighted by molar-refractivity contribution is -0.140. The van der Waals surface area contributed by atoms with Crippen LogP contribution in [-0.2, 0) is 26.2 Å². The normalized spacial score (nSPS) is 11.9. The van der Waals surface area contributed by atoms with Crippen molar-refractivity contribution in [2.24, 2.45) is 0 Å². The Morgan fingerprint density at radius 2 is 1.64 bits per heavy atom. The number of sulfonamides is 1. The molecule has 0 spiro atoms. The van der Waals surface area contributed by atoms with Crippen LogP contribution >= 0.6 is 23.2 Å². The molecule has 0 heterocycles. The van der Waals surface area contributed by atoms with Gasteiger partial charge in [-0.25, -0.2) is 8.42 Å². The number of benzene rings is 3. The lowest BCUT2D eigenvalue weighted by Crippen LogP contribution is -2.51. The zero-order valence-electron chi connectivity index (χ0n) is 22.1. The van der Waals surface area contributed by atoms with Crippen LogP contribution in [0.3, 0.4) is 0 Å².